The number of imidazole rings is 1. The summed E-state index contributed by atoms with van der Waals surface area (Å²) in [6.45, 7) is 5.61. The van der Waals surface area contributed by atoms with E-state index in [4.69, 9.17) is 5.73 Å². The van der Waals surface area contributed by atoms with Gasteiger partial charge in [0.25, 0.3) is 0 Å². The highest BCUT2D eigenvalue weighted by atomic mass is 16.2. The van der Waals surface area contributed by atoms with Gasteiger partial charge < -0.3 is 15.6 Å². The van der Waals surface area contributed by atoms with Crippen LogP contribution in [0.4, 0.5) is 0 Å². The summed E-state index contributed by atoms with van der Waals surface area (Å²) in [6.07, 6.45) is 3.56. The van der Waals surface area contributed by atoms with Gasteiger partial charge in [-0.1, -0.05) is 44.2 Å². The Kier molecular flexibility index (Phi) is 5.11. The highest BCUT2D eigenvalue weighted by Crippen LogP contribution is 2.10. The van der Waals surface area contributed by atoms with Gasteiger partial charge in [0, 0.05) is 12.7 Å². The Bertz CT molecular complexity index is 577. The molecule has 1 aromatic carbocycles. The number of hydrogen-bond donors (Lipinski definition) is 2. The second-order valence-electron chi connectivity index (χ2n) is 5.54. The molecule has 0 saturated carbocycles. The lowest BCUT2D eigenvalue weighted by Gasteiger charge is -2.14. The van der Waals surface area contributed by atoms with Gasteiger partial charge in [0.15, 0.2) is 0 Å². The molecule has 5 heteroatoms. The van der Waals surface area contributed by atoms with Crippen molar-refractivity contribution in [3.63, 3.8) is 0 Å². The van der Waals surface area contributed by atoms with Gasteiger partial charge in [-0.2, -0.15) is 0 Å². The third-order valence-corrected chi connectivity index (χ3v) is 3.25. The van der Waals surface area contributed by atoms with Crippen LogP contribution in [-0.2, 0) is 17.9 Å². The van der Waals surface area contributed by atoms with E-state index in [1.165, 1.54) is 0 Å². The Morgan fingerprint density at radius 3 is 2.71 bits per heavy atom. The molecular formula is C16H22N4O. The Morgan fingerprint density at radius 1 is 1.33 bits per heavy atom. The molecule has 0 bridgehead atoms. The molecule has 0 fully saturated rings. The van der Waals surface area contributed by atoms with E-state index in [9.17, 15) is 4.79 Å². The van der Waals surface area contributed by atoms with Gasteiger partial charge in [0.1, 0.15) is 6.04 Å². The number of aromatic nitrogens is 2. The van der Waals surface area contributed by atoms with Crippen LogP contribution >= 0.6 is 0 Å². The van der Waals surface area contributed by atoms with E-state index >= 15 is 0 Å². The zero-order valence-electron chi connectivity index (χ0n) is 12.5. The van der Waals surface area contributed by atoms with Crippen molar-refractivity contribution in [1.82, 2.24) is 14.9 Å². The van der Waals surface area contributed by atoms with Crippen LogP contribution in [0, 0.1) is 5.92 Å². The maximum Gasteiger partial charge on any atom is 0.241 e. The number of nitrogens with two attached hydrogens (primary N) is 1. The molecule has 2 aromatic rings. The molecule has 1 atom stereocenters. The standard InChI is InChI=1S/C16H22N4O/c1-12(2)10-20-11-18-8-14(20)9-19-16(21)15(17)13-6-4-3-5-7-13/h3-8,11-12,15H,9-10,17H2,1-2H3,(H,19,21)/t15-/m1/s1. The first-order valence-electron chi connectivity index (χ1n) is 7.15. The summed E-state index contributed by atoms with van der Waals surface area (Å²) >= 11 is 0. The molecule has 112 valence electrons. The van der Waals surface area contributed by atoms with E-state index in [0.29, 0.717) is 12.5 Å². The molecule has 2 rings (SSSR count). The van der Waals surface area contributed by atoms with E-state index in [2.05, 4.69) is 28.7 Å². The number of rotatable bonds is 6. The number of nitrogens with zero attached hydrogens (tertiary/aromatic N) is 2. The summed E-state index contributed by atoms with van der Waals surface area (Å²) in [4.78, 5) is 16.2. The summed E-state index contributed by atoms with van der Waals surface area (Å²) in [5, 5.41) is 2.87. The molecule has 0 unspecified atom stereocenters. The van der Waals surface area contributed by atoms with E-state index in [1.807, 2.05) is 30.3 Å². The topological polar surface area (TPSA) is 72.9 Å². The molecule has 3 N–H and O–H groups in total. The first-order valence-corrected chi connectivity index (χ1v) is 7.15. The number of hydrogen-bond acceptors (Lipinski definition) is 3. The highest BCUT2D eigenvalue weighted by Gasteiger charge is 2.15. The number of amides is 1. The molecule has 21 heavy (non-hydrogen) atoms. The Balaban J connectivity index is 1.94. The molecule has 0 spiro atoms. The molecule has 0 aliphatic rings. The fourth-order valence-corrected chi connectivity index (χ4v) is 2.15. The van der Waals surface area contributed by atoms with Crippen LogP contribution in [0.1, 0.15) is 31.1 Å². The van der Waals surface area contributed by atoms with Crippen LogP contribution in [-0.4, -0.2) is 15.5 Å². The lowest BCUT2D eigenvalue weighted by Crippen LogP contribution is -2.34. The average molecular weight is 286 g/mol. The van der Waals surface area contributed by atoms with Crippen molar-refractivity contribution in [2.45, 2.75) is 33.0 Å². The van der Waals surface area contributed by atoms with Crippen molar-refractivity contribution in [2.24, 2.45) is 11.7 Å². The molecule has 1 aromatic heterocycles. The minimum absolute atomic E-state index is 0.182. The molecular weight excluding hydrogens is 264 g/mol. The number of carbonyl (C=O) groups excluding carboxylic acids is 1. The third kappa shape index (κ3) is 4.16. The predicted molar refractivity (Wildman–Crippen MR) is 82.3 cm³/mol. The van der Waals surface area contributed by atoms with E-state index < -0.39 is 6.04 Å². The monoisotopic (exact) mass is 286 g/mol. The zero-order chi connectivity index (χ0) is 15.2. The van der Waals surface area contributed by atoms with Crippen molar-refractivity contribution < 1.29 is 4.79 Å². The predicted octanol–water partition coefficient (Wildman–Crippen LogP) is 1.86. The maximum absolute atomic E-state index is 12.1. The van der Waals surface area contributed by atoms with Crippen LogP contribution in [0.3, 0.4) is 0 Å². The lowest BCUT2D eigenvalue weighted by molar-refractivity contribution is -0.122. The van der Waals surface area contributed by atoms with Crippen molar-refractivity contribution in [1.29, 1.82) is 0 Å². The van der Waals surface area contributed by atoms with Gasteiger partial charge in [-0.15, -0.1) is 0 Å². The van der Waals surface area contributed by atoms with Gasteiger partial charge in [-0.25, -0.2) is 4.98 Å². The fraction of sp³-hybridized carbons (Fsp3) is 0.375. The quantitative estimate of drug-likeness (QED) is 0.851. The second kappa shape index (κ2) is 7.04. The summed E-state index contributed by atoms with van der Waals surface area (Å²) in [5.74, 6) is 0.346. The summed E-state index contributed by atoms with van der Waals surface area (Å²) in [5.41, 5.74) is 7.76. The summed E-state index contributed by atoms with van der Waals surface area (Å²) < 4.78 is 2.05. The smallest absolute Gasteiger partial charge is 0.241 e. The van der Waals surface area contributed by atoms with Gasteiger partial charge >= 0.3 is 0 Å². The summed E-state index contributed by atoms with van der Waals surface area (Å²) in [6, 6.07) is 8.71. The molecule has 0 radical (unpaired) electrons. The largest absolute Gasteiger partial charge is 0.349 e. The van der Waals surface area contributed by atoms with Crippen LogP contribution in [0.2, 0.25) is 0 Å². The number of benzene rings is 1. The minimum atomic E-state index is -0.646. The van der Waals surface area contributed by atoms with E-state index in [0.717, 1.165) is 17.8 Å². The maximum atomic E-state index is 12.1. The molecule has 0 saturated heterocycles. The average Bonchev–Trinajstić information content (AvgIpc) is 2.91. The van der Waals surface area contributed by atoms with Gasteiger partial charge in [-0.3, -0.25) is 4.79 Å². The molecule has 1 heterocycles. The molecule has 1 amide bonds. The van der Waals surface area contributed by atoms with Crippen LogP contribution < -0.4 is 11.1 Å². The van der Waals surface area contributed by atoms with Crippen molar-refractivity contribution >= 4 is 5.91 Å². The van der Waals surface area contributed by atoms with Crippen LogP contribution in [0.15, 0.2) is 42.9 Å². The van der Waals surface area contributed by atoms with Gasteiger partial charge in [0.2, 0.25) is 5.91 Å². The van der Waals surface area contributed by atoms with Crippen molar-refractivity contribution in [2.75, 3.05) is 0 Å². The van der Waals surface area contributed by atoms with Crippen molar-refractivity contribution in [3.8, 4) is 0 Å². The Morgan fingerprint density at radius 2 is 2.05 bits per heavy atom. The molecule has 0 aliphatic heterocycles. The number of nitrogens with one attached hydrogen (secondary N) is 1. The van der Waals surface area contributed by atoms with Crippen LogP contribution in [0.25, 0.3) is 0 Å². The third-order valence-electron chi connectivity index (χ3n) is 3.25. The Hall–Kier alpha value is -2.14. The summed E-state index contributed by atoms with van der Waals surface area (Å²) in [7, 11) is 0. The van der Waals surface area contributed by atoms with E-state index in [1.54, 1.807) is 12.5 Å². The first kappa shape index (κ1) is 15.3. The normalized spacial score (nSPS) is 12.4. The Labute approximate surface area is 125 Å². The number of carbonyl (C=O) groups is 1. The van der Waals surface area contributed by atoms with Crippen LogP contribution in [0.5, 0.6) is 0 Å². The van der Waals surface area contributed by atoms with E-state index in [-0.39, 0.29) is 5.91 Å². The molecule has 0 aliphatic carbocycles. The fourth-order valence-electron chi connectivity index (χ4n) is 2.15. The van der Waals surface area contributed by atoms with Gasteiger partial charge in [-0.05, 0) is 11.5 Å². The highest BCUT2D eigenvalue weighted by molar-refractivity contribution is 5.82. The first-order chi connectivity index (χ1) is 10.1. The minimum Gasteiger partial charge on any atom is -0.349 e. The molecule has 5 nitrogen and oxygen atoms in total. The SMILES string of the molecule is CC(C)Cn1cncc1CNC(=O)[C@H](N)c1ccccc1. The lowest BCUT2D eigenvalue weighted by atomic mass is 10.1. The van der Waals surface area contributed by atoms with Gasteiger partial charge in [0.05, 0.1) is 18.6 Å². The second-order valence-corrected chi connectivity index (χ2v) is 5.54. The zero-order valence-corrected chi connectivity index (χ0v) is 12.5. The van der Waals surface area contributed by atoms with Crippen molar-refractivity contribution in [3.05, 3.63) is 54.1 Å².